The zero-order valence-corrected chi connectivity index (χ0v) is 10.9. The number of halogens is 2. The summed E-state index contributed by atoms with van der Waals surface area (Å²) in [4.78, 5) is 0. The number of hydrogen-bond acceptors (Lipinski definition) is 1. The highest BCUT2D eigenvalue weighted by molar-refractivity contribution is 9.09. The normalized spacial score (nSPS) is 10.6. The Kier molecular flexibility index (Phi) is 3.80. The molecule has 0 bridgehead atoms. The molecule has 0 saturated heterocycles. The van der Waals surface area contributed by atoms with Crippen molar-refractivity contribution in [2.75, 3.05) is 12.0 Å². The van der Waals surface area contributed by atoms with Gasteiger partial charge in [0.05, 0.1) is 18.2 Å². The van der Waals surface area contributed by atoms with E-state index in [9.17, 15) is 4.39 Å². The summed E-state index contributed by atoms with van der Waals surface area (Å²) in [5.41, 5.74) is 2.66. The van der Waals surface area contributed by atoms with Crippen LogP contribution in [0.1, 0.15) is 11.3 Å². The first-order valence-electron chi connectivity index (χ1n) is 5.44. The first kappa shape index (κ1) is 12.1. The maximum atomic E-state index is 12.6. The van der Waals surface area contributed by atoms with Crippen LogP contribution in [-0.2, 0) is 13.0 Å². The van der Waals surface area contributed by atoms with E-state index in [1.165, 1.54) is 0 Å². The third-order valence-corrected chi connectivity index (χ3v) is 3.17. The lowest BCUT2D eigenvalue weighted by Crippen LogP contribution is -2.04. The van der Waals surface area contributed by atoms with Crippen LogP contribution < -0.4 is 0 Å². The number of hydrogen-bond donors (Lipinski definition) is 0. The van der Waals surface area contributed by atoms with E-state index in [0.717, 1.165) is 28.3 Å². The monoisotopic (exact) mass is 294 g/mol. The van der Waals surface area contributed by atoms with Crippen molar-refractivity contribution in [3.05, 3.63) is 35.5 Å². The zero-order valence-electron chi connectivity index (χ0n) is 9.29. The first-order chi connectivity index (χ1) is 8.30. The van der Waals surface area contributed by atoms with Crippen molar-refractivity contribution in [1.29, 1.82) is 5.26 Å². The Hall–Kier alpha value is -1.34. The van der Waals surface area contributed by atoms with Crippen LogP contribution in [0, 0.1) is 11.3 Å². The van der Waals surface area contributed by atoms with Gasteiger partial charge in [-0.05, 0) is 30.0 Å². The van der Waals surface area contributed by atoms with E-state index in [1.807, 2.05) is 16.7 Å². The molecule has 0 atom stereocenters. The molecular formula is C13H12BrFN2. The van der Waals surface area contributed by atoms with E-state index in [0.29, 0.717) is 12.1 Å². The van der Waals surface area contributed by atoms with Crippen LogP contribution in [0.3, 0.4) is 0 Å². The third kappa shape index (κ3) is 2.34. The Morgan fingerprint density at radius 1 is 1.35 bits per heavy atom. The van der Waals surface area contributed by atoms with E-state index in [4.69, 9.17) is 5.26 Å². The number of alkyl halides is 2. The maximum absolute atomic E-state index is 12.6. The topological polar surface area (TPSA) is 28.7 Å². The van der Waals surface area contributed by atoms with Gasteiger partial charge in [0, 0.05) is 16.5 Å². The van der Waals surface area contributed by atoms with Crippen LogP contribution in [0.4, 0.5) is 4.39 Å². The van der Waals surface area contributed by atoms with Crippen molar-refractivity contribution in [3.8, 4) is 6.07 Å². The molecule has 0 N–H and O–H groups in total. The molecule has 0 amide bonds. The van der Waals surface area contributed by atoms with E-state index in [-0.39, 0.29) is 0 Å². The number of aryl methyl sites for hydroxylation is 2. The molecule has 88 valence electrons. The van der Waals surface area contributed by atoms with Gasteiger partial charge in [0.25, 0.3) is 0 Å². The second-order valence-electron chi connectivity index (χ2n) is 3.80. The summed E-state index contributed by atoms with van der Waals surface area (Å²) in [5, 5.41) is 10.8. The van der Waals surface area contributed by atoms with Crippen LogP contribution in [0.25, 0.3) is 10.9 Å². The fourth-order valence-corrected chi connectivity index (χ4v) is 2.44. The third-order valence-electron chi connectivity index (χ3n) is 2.78. The molecule has 2 nitrogen and oxygen atoms in total. The summed E-state index contributed by atoms with van der Waals surface area (Å²) in [6.07, 6.45) is 0.858. The summed E-state index contributed by atoms with van der Waals surface area (Å²) in [6, 6.07) is 9.71. The number of benzene rings is 1. The summed E-state index contributed by atoms with van der Waals surface area (Å²) < 4.78 is 14.5. The van der Waals surface area contributed by atoms with Gasteiger partial charge in [-0.15, -0.1) is 0 Å². The minimum absolute atomic E-state index is 0.348. The van der Waals surface area contributed by atoms with Crippen LogP contribution in [0.15, 0.2) is 24.3 Å². The van der Waals surface area contributed by atoms with Crippen molar-refractivity contribution >= 4 is 26.8 Å². The molecule has 0 aliphatic rings. The minimum Gasteiger partial charge on any atom is -0.342 e. The Morgan fingerprint density at radius 3 is 2.82 bits per heavy atom. The zero-order chi connectivity index (χ0) is 12.3. The smallest absolute Gasteiger partial charge is 0.107 e. The molecule has 2 rings (SSSR count). The molecule has 2 aromatic rings. The molecule has 0 radical (unpaired) electrons. The highest BCUT2D eigenvalue weighted by Crippen LogP contribution is 2.22. The van der Waals surface area contributed by atoms with E-state index in [1.54, 1.807) is 6.07 Å². The van der Waals surface area contributed by atoms with Gasteiger partial charge in [0.2, 0.25) is 0 Å². The molecule has 0 aliphatic carbocycles. The maximum Gasteiger partial charge on any atom is 0.107 e. The van der Waals surface area contributed by atoms with Gasteiger partial charge in [-0.25, -0.2) is 4.39 Å². The standard InChI is InChI=1S/C13H12BrFN2/c14-4-3-12-8-11-2-1-10(9-16)7-13(11)17(12)6-5-15/h1-2,7-8H,3-6H2. The van der Waals surface area contributed by atoms with Crippen LogP contribution >= 0.6 is 15.9 Å². The predicted octanol–water partition coefficient (Wildman–Crippen LogP) is 3.42. The molecule has 1 heterocycles. The van der Waals surface area contributed by atoms with Crippen LogP contribution in [0.2, 0.25) is 0 Å². The number of nitrogens with zero attached hydrogens (tertiary/aromatic N) is 2. The van der Waals surface area contributed by atoms with Crippen LogP contribution in [-0.4, -0.2) is 16.6 Å². The minimum atomic E-state index is -0.393. The Balaban J connectivity index is 2.60. The molecule has 0 aliphatic heterocycles. The predicted molar refractivity (Wildman–Crippen MR) is 70.1 cm³/mol. The molecule has 0 fully saturated rings. The lowest BCUT2D eigenvalue weighted by Gasteiger charge is -2.07. The average Bonchev–Trinajstić information content (AvgIpc) is 2.68. The van der Waals surface area contributed by atoms with Gasteiger partial charge in [0.15, 0.2) is 0 Å². The summed E-state index contributed by atoms with van der Waals surface area (Å²) in [6.45, 7) is -0.0451. The van der Waals surface area contributed by atoms with Gasteiger partial charge in [-0.2, -0.15) is 5.26 Å². The Morgan fingerprint density at radius 2 is 2.18 bits per heavy atom. The van der Waals surface area contributed by atoms with E-state index < -0.39 is 6.67 Å². The number of aromatic nitrogens is 1. The summed E-state index contributed by atoms with van der Waals surface area (Å²) in [7, 11) is 0. The van der Waals surface area contributed by atoms with Crippen molar-refractivity contribution in [2.45, 2.75) is 13.0 Å². The number of fused-ring (bicyclic) bond motifs is 1. The average molecular weight is 295 g/mol. The second-order valence-corrected chi connectivity index (χ2v) is 4.59. The van der Waals surface area contributed by atoms with E-state index in [2.05, 4.69) is 28.1 Å². The van der Waals surface area contributed by atoms with Gasteiger partial charge < -0.3 is 4.57 Å². The van der Waals surface area contributed by atoms with Gasteiger partial charge in [0.1, 0.15) is 6.67 Å². The van der Waals surface area contributed by atoms with Crippen molar-refractivity contribution in [1.82, 2.24) is 4.57 Å². The van der Waals surface area contributed by atoms with Gasteiger partial charge in [-0.3, -0.25) is 0 Å². The van der Waals surface area contributed by atoms with Crippen molar-refractivity contribution in [2.24, 2.45) is 0 Å². The van der Waals surface area contributed by atoms with Gasteiger partial charge >= 0.3 is 0 Å². The largest absolute Gasteiger partial charge is 0.342 e. The van der Waals surface area contributed by atoms with E-state index >= 15 is 0 Å². The fourth-order valence-electron chi connectivity index (χ4n) is 2.03. The quantitative estimate of drug-likeness (QED) is 0.794. The van der Waals surface area contributed by atoms with Gasteiger partial charge in [-0.1, -0.05) is 22.0 Å². The lowest BCUT2D eigenvalue weighted by atomic mass is 10.2. The molecule has 17 heavy (non-hydrogen) atoms. The fraction of sp³-hybridized carbons (Fsp3) is 0.308. The second kappa shape index (κ2) is 5.33. The highest BCUT2D eigenvalue weighted by Gasteiger charge is 2.08. The van der Waals surface area contributed by atoms with Crippen molar-refractivity contribution in [3.63, 3.8) is 0 Å². The number of rotatable bonds is 4. The number of nitriles is 1. The Labute approximate surface area is 108 Å². The molecule has 0 saturated carbocycles. The van der Waals surface area contributed by atoms with Crippen molar-refractivity contribution < 1.29 is 4.39 Å². The molecule has 4 heteroatoms. The molecule has 1 aromatic carbocycles. The summed E-state index contributed by atoms with van der Waals surface area (Å²) in [5.74, 6) is 0. The molecular weight excluding hydrogens is 283 g/mol. The van der Waals surface area contributed by atoms with Crippen LogP contribution in [0.5, 0.6) is 0 Å². The lowest BCUT2D eigenvalue weighted by molar-refractivity contribution is 0.446. The highest BCUT2D eigenvalue weighted by atomic mass is 79.9. The molecule has 0 unspecified atom stereocenters. The summed E-state index contributed by atoms with van der Waals surface area (Å²) >= 11 is 3.40. The molecule has 0 spiro atoms. The SMILES string of the molecule is N#Cc1ccc2cc(CCBr)n(CCF)c2c1. The Bertz CT molecular complexity index is 569. The molecule has 1 aromatic heterocycles. The first-order valence-corrected chi connectivity index (χ1v) is 6.56.